The first-order chi connectivity index (χ1) is 12.0. The largest absolute Gasteiger partial charge is 0.573 e. The third-order valence-corrected chi connectivity index (χ3v) is 7.52. The Balaban J connectivity index is 2.45. The highest BCUT2D eigenvalue weighted by atomic mass is 32.2. The van der Waals surface area contributed by atoms with Gasteiger partial charge in [-0.2, -0.15) is 4.79 Å². The molecular weight excluding hydrogens is 397 g/mol. The van der Waals surface area contributed by atoms with E-state index >= 15 is 0 Å². The van der Waals surface area contributed by atoms with Crippen molar-refractivity contribution >= 4 is 25.6 Å². The van der Waals surface area contributed by atoms with E-state index in [-0.39, 0.29) is 12.8 Å². The number of rotatable bonds is 4. The summed E-state index contributed by atoms with van der Waals surface area (Å²) in [6.07, 6.45) is -3.37. The van der Waals surface area contributed by atoms with Crippen molar-refractivity contribution in [1.29, 1.82) is 0 Å². The molecule has 1 aliphatic rings. The van der Waals surface area contributed by atoms with Crippen LogP contribution < -0.4 is 4.74 Å². The molecule has 2 rings (SSSR count). The normalized spacial score (nSPS) is 17.5. The molecule has 0 N–H and O–H groups in total. The predicted octanol–water partition coefficient (Wildman–Crippen LogP) is 2.30. The molecule has 26 heavy (non-hydrogen) atoms. The zero-order chi connectivity index (χ0) is 19.6. The van der Waals surface area contributed by atoms with Gasteiger partial charge in [-0.05, 0) is 37.1 Å². The number of thiol groups is 1. The van der Waals surface area contributed by atoms with Gasteiger partial charge in [-0.15, -0.1) is 13.2 Å². The topological polar surface area (TPSA) is 114 Å². The van der Waals surface area contributed by atoms with Crippen molar-refractivity contribution in [1.82, 2.24) is 0 Å². The Morgan fingerprint density at radius 2 is 1.65 bits per heavy atom. The SMILES string of the molecule is [N-]=[N+]=C(C1([SH](=O)=O)CCCCC1)S(=O)(=O)c1ccc(OC(F)(F)F)cc1. The van der Waals surface area contributed by atoms with Gasteiger partial charge in [0.1, 0.15) is 5.75 Å². The highest BCUT2D eigenvalue weighted by Gasteiger charge is 2.54. The summed E-state index contributed by atoms with van der Waals surface area (Å²) in [5.41, 5.74) is 9.26. The van der Waals surface area contributed by atoms with Gasteiger partial charge in [-0.3, -0.25) is 0 Å². The number of ether oxygens (including phenoxy) is 1. The molecule has 0 spiro atoms. The lowest BCUT2D eigenvalue weighted by Crippen LogP contribution is -2.46. The van der Waals surface area contributed by atoms with E-state index in [0.717, 1.165) is 24.3 Å². The second kappa shape index (κ2) is 7.37. The van der Waals surface area contributed by atoms with E-state index in [2.05, 4.69) is 9.53 Å². The minimum atomic E-state index is -4.94. The van der Waals surface area contributed by atoms with Crippen molar-refractivity contribution in [3.8, 4) is 5.75 Å². The van der Waals surface area contributed by atoms with Crippen LogP contribution in [0.5, 0.6) is 5.75 Å². The highest BCUT2D eigenvalue weighted by Crippen LogP contribution is 2.35. The van der Waals surface area contributed by atoms with E-state index in [1.165, 1.54) is 0 Å². The maximum absolute atomic E-state index is 12.7. The predicted molar refractivity (Wildman–Crippen MR) is 85.1 cm³/mol. The van der Waals surface area contributed by atoms with E-state index in [1.54, 1.807) is 0 Å². The molecule has 0 atom stereocenters. The zero-order valence-electron chi connectivity index (χ0n) is 13.3. The fourth-order valence-corrected chi connectivity index (χ4v) is 5.94. The average molecular weight is 412 g/mol. The van der Waals surface area contributed by atoms with Crippen molar-refractivity contribution < 1.29 is 39.5 Å². The van der Waals surface area contributed by atoms with Crippen molar-refractivity contribution in [2.45, 2.75) is 48.1 Å². The van der Waals surface area contributed by atoms with Gasteiger partial charge in [0.15, 0.2) is 15.5 Å². The maximum atomic E-state index is 12.7. The maximum Gasteiger partial charge on any atom is 0.573 e. The lowest BCUT2D eigenvalue weighted by Gasteiger charge is -2.27. The van der Waals surface area contributed by atoms with E-state index in [4.69, 9.17) is 0 Å². The molecule has 0 aliphatic heterocycles. The van der Waals surface area contributed by atoms with E-state index in [1.807, 2.05) is 0 Å². The van der Waals surface area contributed by atoms with E-state index < -0.39 is 47.3 Å². The molecule has 0 bridgehead atoms. The summed E-state index contributed by atoms with van der Waals surface area (Å²) in [5, 5.41) is -0.912. The molecule has 1 saturated carbocycles. The van der Waals surface area contributed by atoms with E-state index in [9.17, 15) is 35.5 Å². The standard InChI is InChI=1S/C14H15F3N2O5S2/c15-14(16,17)24-10-4-6-11(7-5-10)26(22,23)12(19-18)13(25(20)21)8-2-1-3-9-13/h4-7,25H,1-3,8-9H2. The number of hydrogen-bond acceptors (Lipinski definition) is 5. The summed E-state index contributed by atoms with van der Waals surface area (Å²) in [4.78, 5) is 2.27. The minimum Gasteiger partial charge on any atom is -0.406 e. The summed E-state index contributed by atoms with van der Waals surface area (Å²) in [6.45, 7) is 0. The molecule has 0 aromatic heterocycles. The van der Waals surface area contributed by atoms with Crippen LogP contribution in [0.3, 0.4) is 0 Å². The molecule has 1 aliphatic carbocycles. The summed E-state index contributed by atoms with van der Waals surface area (Å²) in [6, 6.07) is 3.21. The van der Waals surface area contributed by atoms with Crippen molar-refractivity contribution in [2.75, 3.05) is 0 Å². The molecule has 0 radical (unpaired) electrons. The molecule has 0 unspecified atom stereocenters. The average Bonchev–Trinajstić information content (AvgIpc) is 2.55. The summed E-state index contributed by atoms with van der Waals surface area (Å²) in [7, 11) is -7.81. The second-order valence-electron chi connectivity index (χ2n) is 5.78. The number of benzene rings is 1. The Kier molecular flexibility index (Phi) is 5.79. The number of sulfone groups is 1. The quantitative estimate of drug-likeness (QED) is 0.268. The summed E-state index contributed by atoms with van der Waals surface area (Å²) in [5.74, 6) is -0.638. The van der Waals surface area contributed by atoms with Gasteiger partial charge in [0.05, 0.1) is 4.90 Å². The van der Waals surface area contributed by atoms with Crippen molar-refractivity contribution in [2.24, 2.45) is 0 Å². The van der Waals surface area contributed by atoms with Crippen molar-refractivity contribution in [3.63, 3.8) is 0 Å². The van der Waals surface area contributed by atoms with Crippen LogP contribution >= 0.6 is 0 Å². The third-order valence-electron chi connectivity index (χ3n) is 4.14. The number of halogens is 3. The van der Waals surface area contributed by atoms with Gasteiger partial charge < -0.3 is 10.3 Å². The van der Waals surface area contributed by atoms with Gasteiger partial charge in [0.2, 0.25) is 0 Å². The van der Waals surface area contributed by atoms with Gasteiger partial charge in [0, 0.05) is 0 Å². The van der Waals surface area contributed by atoms with Gasteiger partial charge in [-0.25, -0.2) is 16.8 Å². The zero-order valence-corrected chi connectivity index (χ0v) is 15.0. The monoisotopic (exact) mass is 412 g/mol. The van der Waals surface area contributed by atoms with Crippen LogP contribution in [0.1, 0.15) is 32.1 Å². The molecule has 144 valence electrons. The molecule has 7 nitrogen and oxygen atoms in total. The number of alkyl halides is 3. The Hall–Kier alpha value is -1.91. The van der Waals surface area contributed by atoms with Crippen molar-refractivity contribution in [3.05, 3.63) is 29.8 Å². The van der Waals surface area contributed by atoms with Crippen LogP contribution in [-0.4, -0.2) is 37.8 Å². The Labute approximate surface area is 149 Å². The van der Waals surface area contributed by atoms with Crippen LogP contribution in [-0.2, 0) is 20.5 Å². The van der Waals surface area contributed by atoms with Crippen LogP contribution in [0.4, 0.5) is 13.2 Å². The molecule has 0 saturated heterocycles. The number of hydrogen-bond donors (Lipinski definition) is 1. The molecule has 1 aromatic carbocycles. The molecule has 0 heterocycles. The summed E-state index contributed by atoms with van der Waals surface area (Å²) >= 11 is 0. The lowest BCUT2D eigenvalue weighted by molar-refractivity contribution is -0.274. The Morgan fingerprint density at radius 1 is 1.12 bits per heavy atom. The molecule has 1 aromatic rings. The van der Waals surface area contributed by atoms with Crippen LogP contribution in [0.25, 0.3) is 5.53 Å². The fourth-order valence-electron chi connectivity index (χ4n) is 2.94. The highest BCUT2D eigenvalue weighted by molar-refractivity contribution is 8.07. The van der Waals surface area contributed by atoms with Crippen LogP contribution in [0.2, 0.25) is 0 Å². The van der Waals surface area contributed by atoms with Crippen LogP contribution in [0.15, 0.2) is 29.2 Å². The first-order valence-corrected chi connectivity index (χ1v) is 10.2. The first-order valence-electron chi connectivity index (χ1n) is 7.51. The smallest absolute Gasteiger partial charge is 0.406 e. The molecular formula is C14H15F3N2O5S2. The summed E-state index contributed by atoms with van der Waals surface area (Å²) < 4.78 is 87.5. The molecule has 0 amide bonds. The molecule has 12 heteroatoms. The Morgan fingerprint density at radius 3 is 2.08 bits per heavy atom. The van der Waals surface area contributed by atoms with E-state index in [0.29, 0.717) is 19.3 Å². The lowest BCUT2D eigenvalue weighted by atomic mass is 9.89. The Bertz CT molecular complexity index is 888. The van der Waals surface area contributed by atoms with Gasteiger partial charge in [0.25, 0.3) is 9.84 Å². The number of nitrogens with zero attached hydrogens (tertiary/aromatic N) is 2. The second-order valence-corrected chi connectivity index (χ2v) is 9.01. The third kappa shape index (κ3) is 4.08. The minimum absolute atomic E-state index is 0.0143. The first kappa shape index (κ1) is 20.4. The van der Waals surface area contributed by atoms with Gasteiger partial charge in [-0.1, -0.05) is 19.3 Å². The fraction of sp³-hybridized carbons (Fsp3) is 0.500. The van der Waals surface area contributed by atoms with Gasteiger partial charge >= 0.3 is 11.4 Å². The molecule has 1 fully saturated rings. The van der Waals surface area contributed by atoms with Crippen LogP contribution in [0, 0.1) is 0 Å².